The van der Waals surface area contributed by atoms with Gasteiger partial charge in [-0.25, -0.2) is 0 Å². The number of likely N-dealkylation sites (N-methyl/N-ethyl adjacent to an activating group) is 1. The third-order valence-corrected chi connectivity index (χ3v) is 3.33. The average Bonchev–Trinajstić information content (AvgIpc) is 3.21. The van der Waals surface area contributed by atoms with Crippen LogP contribution in [0.2, 0.25) is 0 Å². The van der Waals surface area contributed by atoms with E-state index >= 15 is 0 Å². The lowest BCUT2D eigenvalue weighted by Crippen LogP contribution is -2.30. The molecule has 0 unspecified atom stereocenters. The summed E-state index contributed by atoms with van der Waals surface area (Å²) < 4.78 is 5.67. The number of ether oxygens (including phenoxy) is 1. The molecule has 1 aromatic rings. The Hall–Kier alpha value is -1.06. The van der Waals surface area contributed by atoms with Crippen molar-refractivity contribution in [3.8, 4) is 5.75 Å². The van der Waals surface area contributed by atoms with Gasteiger partial charge in [0.15, 0.2) is 0 Å². The molecule has 1 saturated carbocycles. The summed E-state index contributed by atoms with van der Waals surface area (Å²) in [6.07, 6.45) is 3.78. The summed E-state index contributed by atoms with van der Waals surface area (Å²) in [5.41, 5.74) is 1.32. The van der Waals surface area contributed by atoms with Gasteiger partial charge in [0.1, 0.15) is 5.75 Å². The van der Waals surface area contributed by atoms with Gasteiger partial charge in [-0.1, -0.05) is 19.1 Å². The molecule has 0 spiro atoms. The van der Waals surface area contributed by atoms with Crippen molar-refractivity contribution in [2.45, 2.75) is 38.8 Å². The maximum absolute atomic E-state index is 5.67. The van der Waals surface area contributed by atoms with Crippen molar-refractivity contribution < 1.29 is 4.74 Å². The highest BCUT2D eigenvalue weighted by molar-refractivity contribution is 5.28. The van der Waals surface area contributed by atoms with Gasteiger partial charge in [0.05, 0.1) is 6.61 Å². The minimum Gasteiger partial charge on any atom is -0.494 e. The second-order valence-corrected chi connectivity index (χ2v) is 5.46. The van der Waals surface area contributed by atoms with E-state index < -0.39 is 0 Å². The number of benzene rings is 1. The number of hydrogen-bond donors (Lipinski definition) is 1. The molecular formula is C16H26N2O. The van der Waals surface area contributed by atoms with Crippen molar-refractivity contribution >= 4 is 0 Å². The molecule has 3 nitrogen and oxygen atoms in total. The molecule has 1 aliphatic carbocycles. The predicted molar refractivity (Wildman–Crippen MR) is 79.6 cm³/mol. The van der Waals surface area contributed by atoms with Crippen LogP contribution in [0, 0.1) is 0 Å². The van der Waals surface area contributed by atoms with E-state index in [1.165, 1.54) is 18.4 Å². The molecule has 0 aromatic heterocycles. The lowest BCUT2D eigenvalue weighted by Gasteiger charge is -2.17. The summed E-state index contributed by atoms with van der Waals surface area (Å²) in [7, 11) is 2.17. The minimum absolute atomic E-state index is 0.796. The summed E-state index contributed by atoms with van der Waals surface area (Å²) in [5.74, 6) is 0.990. The average molecular weight is 262 g/mol. The molecule has 0 heterocycles. The Labute approximate surface area is 116 Å². The summed E-state index contributed by atoms with van der Waals surface area (Å²) >= 11 is 0. The van der Waals surface area contributed by atoms with E-state index in [0.29, 0.717) is 0 Å². The van der Waals surface area contributed by atoms with Crippen LogP contribution in [0.4, 0.5) is 0 Å². The number of nitrogens with one attached hydrogen (secondary N) is 1. The van der Waals surface area contributed by atoms with Crippen molar-refractivity contribution in [1.82, 2.24) is 10.2 Å². The molecule has 0 saturated heterocycles. The van der Waals surface area contributed by atoms with Crippen LogP contribution in [0.5, 0.6) is 5.75 Å². The topological polar surface area (TPSA) is 24.5 Å². The molecule has 2 rings (SSSR count). The molecular weight excluding hydrogens is 236 g/mol. The lowest BCUT2D eigenvalue weighted by molar-refractivity contribution is 0.311. The van der Waals surface area contributed by atoms with E-state index in [1.54, 1.807) is 0 Å². The molecule has 3 heteroatoms. The van der Waals surface area contributed by atoms with Crippen LogP contribution in [0.15, 0.2) is 24.3 Å². The SMILES string of the molecule is CCCOc1cccc(CN(C)CCNC2CC2)c1. The molecule has 1 aromatic carbocycles. The van der Waals surface area contributed by atoms with Gasteiger partial charge in [0.2, 0.25) is 0 Å². The second kappa shape index (κ2) is 7.51. The maximum atomic E-state index is 5.67. The molecule has 0 bridgehead atoms. The predicted octanol–water partition coefficient (Wildman–Crippen LogP) is 2.66. The first kappa shape index (κ1) is 14.4. The van der Waals surface area contributed by atoms with Crippen LogP contribution < -0.4 is 10.1 Å². The molecule has 1 aliphatic rings. The van der Waals surface area contributed by atoms with Crippen LogP contribution in [0.1, 0.15) is 31.7 Å². The molecule has 0 radical (unpaired) electrons. The van der Waals surface area contributed by atoms with E-state index in [2.05, 4.69) is 42.4 Å². The van der Waals surface area contributed by atoms with E-state index in [4.69, 9.17) is 4.74 Å². The maximum Gasteiger partial charge on any atom is 0.119 e. The Morgan fingerprint density at radius 3 is 2.95 bits per heavy atom. The summed E-state index contributed by atoms with van der Waals surface area (Å²) in [5, 5.41) is 3.55. The summed E-state index contributed by atoms with van der Waals surface area (Å²) in [6, 6.07) is 9.24. The number of hydrogen-bond acceptors (Lipinski definition) is 3. The first-order valence-electron chi connectivity index (χ1n) is 7.41. The minimum atomic E-state index is 0.796. The first-order chi connectivity index (χ1) is 9.28. The molecule has 1 fully saturated rings. The summed E-state index contributed by atoms with van der Waals surface area (Å²) in [6.45, 7) is 6.09. The van der Waals surface area contributed by atoms with Crippen molar-refractivity contribution in [3.05, 3.63) is 29.8 Å². The van der Waals surface area contributed by atoms with Crippen molar-refractivity contribution in [3.63, 3.8) is 0 Å². The Morgan fingerprint density at radius 2 is 2.21 bits per heavy atom. The van der Waals surface area contributed by atoms with Gasteiger partial charge in [-0.3, -0.25) is 0 Å². The standard InChI is InChI=1S/C16H26N2O/c1-3-11-19-16-6-4-5-14(12-16)13-18(2)10-9-17-15-7-8-15/h4-6,12,15,17H,3,7-11,13H2,1-2H3. The van der Waals surface area contributed by atoms with E-state index in [9.17, 15) is 0 Å². The Bertz CT molecular complexity index is 377. The Kier molecular flexibility index (Phi) is 5.67. The fourth-order valence-corrected chi connectivity index (χ4v) is 2.09. The zero-order valence-corrected chi connectivity index (χ0v) is 12.2. The van der Waals surface area contributed by atoms with Crippen LogP contribution >= 0.6 is 0 Å². The normalized spacial score (nSPS) is 14.9. The van der Waals surface area contributed by atoms with E-state index in [1.807, 2.05) is 6.07 Å². The van der Waals surface area contributed by atoms with Gasteiger partial charge in [-0.2, -0.15) is 0 Å². The zero-order chi connectivity index (χ0) is 13.5. The quantitative estimate of drug-likeness (QED) is 0.740. The molecule has 19 heavy (non-hydrogen) atoms. The van der Waals surface area contributed by atoms with Crippen molar-refractivity contribution in [1.29, 1.82) is 0 Å². The zero-order valence-electron chi connectivity index (χ0n) is 12.2. The largest absolute Gasteiger partial charge is 0.494 e. The molecule has 1 N–H and O–H groups in total. The van der Waals surface area contributed by atoms with Crippen molar-refractivity contribution in [2.75, 3.05) is 26.7 Å². The van der Waals surface area contributed by atoms with Crippen LogP contribution in [0.25, 0.3) is 0 Å². The third-order valence-electron chi connectivity index (χ3n) is 3.33. The fourth-order valence-electron chi connectivity index (χ4n) is 2.09. The number of rotatable bonds is 9. The highest BCUT2D eigenvalue weighted by atomic mass is 16.5. The molecule has 0 amide bonds. The van der Waals surface area contributed by atoms with Gasteiger partial charge in [-0.15, -0.1) is 0 Å². The van der Waals surface area contributed by atoms with Gasteiger partial charge in [0, 0.05) is 25.7 Å². The van der Waals surface area contributed by atoms with Gasteiger partial charge in [-0.05, 0) is 44.0 Å². The van der Waals surface area contributed by atoms with Crippen molar-refractivity contribution in [2.24, 2.45) is 0 Å². The first-order valence-corrected chi connectivity index (χ1v) is 7.41. The second-order valence-electron chi connectivity index (χ2n) is 5.46. The van der Waals surface area contributed by atoms with E-state index in [0.717, 1.165) is 44.5 Å². The highest BCUT2D eigenvalue weighted by Gasteiger charge is 2.19. The molecule has 0 atom stereocenters. The van der Waals surface area contributed by atoms with Gasteiger partial charge in [0.25, 0.3) is 0 Å². The number of nitrogens with zero attached hydrogens (tertiary/aromatic N) is 1. The smallest absolute Gasteiger partial charge is 0.119 e. The summed E-state index contributed by atoms with van der Waals surface area (Å²) in [4.78, 5) is 2.36. The lowest BCUT2D eigenvalue weighted by atomic mass is 10.2. The molecule has 106 valence electrons. The Balaban J connectivity index is 1.73. The fraction of sp³-hybridized carbons (Fsp3) is 0.625. The third kappa shape index (κ3) is 5.62. The molecule has 0 aliphatic heterocycles. The van der Waals surface area contributed by atoms with E-state index in [-0.39, 0.29) is 0 Å². The highest BCUT2D eigenvalue weighted by Crippen LogP contribution is 2.18. The van der Waals surface area contributed by atoms with Crippen LogP contribution in [-0.4, -0.2) is 37.7 Å². The van der Waals surface area contributed by atoms with Crippen LogP contribution in [-0.2, 0) is 6.54 Å². The van der Waals surface area contributed by atoms with Crippen LogP contribution in [0.3, 0.4) is 0 Å². The monoisotopic (exact) mass is 262 g/mol. The van der Waals surface area contributed by atoms with Gasteiger partial charge >= 0.3 is 0 Å². The Morgan fingerprint density at radius 1 is 1.37 bits per heavy atom. The van der Waals surface area contributed by atoms with Gasteiger partial charge < -0.3 is 15.0 Å².